The Hall–Kier alpha value is -2.83. The van der Waals surface area contributed by atoms with Gasteiger partial charge in [-0.25, -0.2) is 18.8 Å². The molecular weight excluding hydrogens is 498 g/mol. The summed E-state index contributed by atoms with van der Waals surface area (Å²) in [5.41, 5.74) is 1.55. The van der Waals surface area contributed by atoms with Gasteiger partial charge in [0.15, 0.2) is 0 Å². The van der Waals surface area contributed by atoms with Gasteiger partial charge < -0.3 is 19.4 Å². The predicted molar refractivity (Wildman–Crippen MR) is 124 cm³/mol. The van der Waals surface area contributed by atoms with Gasteiger partial charge in [0.1, 0.15) is 24.5 Å². The highest BCUT2D eigenvalue weighted by atomic mass is 31.2. The third-order valence-electron chi connectivity index (χ3n) is 6.24. The fraction of sp³-hybridized carbons (Fsp3) is 0.500. The Morgan fingerprint density at radius 1 is 1.39 bits per heavy atom. The number of methoxy groups -OCH3 is 1. The first-order valence-electron chi connectivity index (χ1n) is 11.4. The average molecular weight is 526 g/mol. The normalized spacial score (nSPS) is 27.1. The molecule has 1 aromatic carbocycles. The summed E-state index contributed by atoms with van der Waals surface area (Å²) in [5.74, 6) is -1.70. The van der Waals surface area contributed by atoms with Gasteiger partial charge in [0, 0.05) is 36.5 Å². The number of hydrogen-bond acceptors (Lipinski definition) is 7. The molecule has 0 saturated carbocycles. The van der Waals surface area contributed by atoms with Crippen LogP contribution in [0.5, 0.6) is 0 Å². The fourth-order valence-electron chi connectivity index (χ4n) is 4.29. The van der Waals surface area contributed by atoms with Crippen molar-refractivity contribution in [2.75, 3.05) is 20.3 Å². The van der Waals surface area contributed by atoms with Gasteiger partial charge in [0.2, 0.25) is 5.91 Å². The molecule has 6 atom stereocenters. The molecular formula is C22H28FN4O8P. The average Bonchev–Trinajstić information content (AvgIpc) is 3.42. The van der Waals surface area contributed by atoms with Crippen molar-refractivity contribution >= 4 is 36.6 Å². The number of carbonyl (C=O) groups excluding carboxylic acids is 3. The summed E-state index contributed by atoms with van der Waals surface area (Å²) in [4.78, 5) is 50.7. The molecule has 3 heterocycles. The number of rotatable bonds is 9. The van der Waals surface area contributed by atoms with Crippen LogP contribution in [0, 0.1) is 5.92 Å². The summed E-state index contributed by atoms with van der Waals surface area (Å²) in [6.45, 7) is 1.08. The number of aromatic amines is 1. The maximum atomic E-state index is 14.6. The lowest BCUT2D eigenvalue weighted by Gasteiger charge is -2.34. The molecule has 0 aliphatic carbocycles. The lowest BCUT2D eigenvalue weighted by Crippen LogP contribution is -2.57. The molecule has 4 N–H and O–H groups in total. The highest BCUT2D eigenvalue weighted by molar-refractivity contribution is 7.50. The molecule has 2 saturated heterocycles. The number of nitrogens with zero attached hydrogens (tertiary/aromatic N) is 1. The van der Waals surface area contributed by atoms with Crippen LogP contribution in [0.2, 0.25) is 0 Å². The van der Waals surface area contributed by atoms with Crippen molar-refractivity contribution < 1.29 is 42.2 Å². The molecule has 2 aliphatic rings. The van der Waals surface area contributed by atoms with Crippen molar-refractivity contribution in [2.45, 2.75) is 44.3 Å². The summed E-state index contributed by atoms with van der Waals surface area (Å²) in [5, 5.41) is 5.31. The SMILES string of the molecule is COC(=O)[C@H](Cc1c[nH]c2ccccc12)NP(=O)(O)OC[C@H]1O[C@@H](N2CC(C)C(=O)NC2=O)C[C@@H]1F. The number of urea groups is 1. The number of halogens is 1. The van der Waals surface area contributed by atoms with Gasteiger partial charge in [0.25, 0.3) is 0 Å². The van der Waals surface area contributed by atoms with E-state index in [0.717, 1.165) is 18.0 Å². The number of aromatic nitrogens is 1. The largest absolute Gasteiger partial charge is 0.468 e. The van der Waals surface area contributed by atoms with E-state index >= 15 is 0 Å². The molecule has 0 radical (unpaired) electrons. The minimum Gasteiger partial charge on any atom is -0.468 e. The quantitative estimate of drug-likeness (QED) is 0.281. The molecule has 0 bridgehead atoms. The van der Waals surface area contributed by atoms with Gasteiger partial charge >= 0.3 is 19.7 Å². The molecule has 2 aliphatic heterocycles. The summed E-state index contributed by atoms with van der Waals surface area (Å²) in [6.07, 6.45) is -2.24. The van der Waals surface area contributed by atoms with E-state index in [4.69, 9.17) is 14.0 Å². The summed E-state index contributed by atoms with van der Waals surface area (Å²) >= 11 is 0. The minimum atomic E-state index is -4.60. The zero-order valence-corrected chi connectivity index (χ0v) is 20.6. The molecule has 196 valence electrons. The number of benzene rings is 1. The molecule has 14 heteroatoms. The van der Waals surface area contributed by atoms with Crippen molar-refractivity contribution in [1.29, 1.82) is 0 Å². The van der Waals surface area contributed by atoms with Crippen LogP contribution in [0.15, 0.2) is 30.5 Å². The first-order valence-corrected chi connectivity index (χ1v) is 12.9. The lowest BCUT2D eigenvalue weighted by molar-refractivity contribution is -0.142. The molecule has 2 aromatic rings. The van der Waals surface area contributed by atoms with Gasteiger partial charge in [0.05, 0.1) is 19.6 Å². The number of esters is 1. The second-order valence-corrected chi connectivity index (χ2v) is 10.4. The van der Waals surface area contributed by atoms with Crippen LogP contribution in [-0.2, 0) is 34.6 Å². The van der Waals surface area contributed by atoms with Crippen LogP contribution in [0.3, 0.4) is 0 Å². The van der Waals surface area contributed by atoms with Crippen LogP contribution in [0.1, 0.15) is 18.9 Å². The molecule has 2 unspecified atom stereocenters. The molecule has 0 spiro atoms. The number of H-pyrrole nitrogens is 1. The van der Waals surface area contributed by atoms with Crippen molar-refractivity contribution in [3.63, 3.8) is 0 Å². The number of para-hydroxylation sites is 1. The Morgan fingerprint density at radius 3 is 2.89 bits per heavy atom. The molecule has 4 rings (SSSR count). The number of amides is 3. The fourth-order valence-corrected chi connectivity index (χ4v) is 5.31. The maximum absolute atomic E-state index is 14.6. The monoisotopic (exact) mass is 526 g/mol. The molecule has 12 nitrogen and oxygen atoms in total. The molecule has 36 heavy (non-hydrogen) atoms. The number of fused-ring (bicyclic) bond motifs is 1. The van der Waals surface area contributed by atoms with Crippen molar-refractivity contribution in [3.8, 4) is 0 Å². The number of ether oxygens (including phenoxy) is 2. The maximum Gasteiger partial charge on any atom is 0.403 e. The van der Waals surface area contributed by atoms with Crippen LogP contribution in [0.4, 0.5) is 9.18 Å². The smallest absolute Gasteiger partial charge is 0.403 e. The molecule has 1 aromatic heterocycles. The van der Waals surface area contributed by atoms with E-state index in [-0.39, 0.29) is 19.4 Å². The Balaban J connectivity index is 1.37. The zero-order valence-electron chi connectivity index (χ0n) is 19.7. The van der Waals surface area contributed by atoms with Crippen molar-refractivity contribution in [2.24, 2.45) is 5.92 Å². The molecule has 2 fully saturated rings. The first-order chi connectivity index (χ1) is 17.1. The first kappa shape index (κ1) is 26.2. The Labute approximate surface area is 206 Å². The van der Waals surface area contributed by atoms with Crippen LogP contribution in [0.25, 0.3) is 10.9 Å². The van der Waals surface area contributed by atoms with E-state index in [2.05, 4.69) is 15.4 Å². The zero-order chi connectivity index (χ0) is 26.0. The molecule has 3 amide bonds. The second-order valence-electron chi connectivity index (χ2n) is 8.81. The van der Waals surface area contributed by atoms with Crippen LogP contribution >= 0.6 is 7.75 Å². The highest BCUT2D eigenvalue weighted by Crippen LogP contribution is 2.40. The third-order valence-corrected chi connectivity index (χ3v) is 7.37. The van der Waals surface area contributed by atoms with Crippen LogP contribution in [-0.4, -0.2) is 77.5 Å². The minimum absolute atomic E-state index is 0.0271. The topological polar surface area (TPSA) is 159 Å². The van der Waals surface area contributed by atoms with Gasteiger partial charge in [-0.1, -0.05) is 25.1 Å². The number of nitrogens with one attached hydrogen (secondary N) is 3. The number of carbonyl (C=O) groups is 3. The van der Waals surface area contributed by atoms with Crippen LogP contribution < -0.4 is 10.4 Å². The van der Waals surface area contributed by atoms with Gasteiger partial charge in [-0.15, -0.1) is 0 Å². The second kappa shape index (κ2) is 10.7. The Bertz CT molecular complexity index is 1190. The Kier molecular flexibility index (Phi) is 7.76. The van der Waals surface area contributed by atoms with Gasteiger partial charge in [-0.05, 0) is 11.6 Å². The van der Waals surface area contributed by atoms with E-state index in [1.165, 1.54) is 4.90 Å². The lowest BCUT2D eigenvalue weighted by atomic mass is 10.1. The van der Waals surface area contributed by atoms with Gasteiger partial charge in [-0.2, -0.15) is 0 Å². The number of imide groups is 1. The standard InChI is InChI=1S/C22H28FN4O8P/c1-12-10-27(22(30)25-20(12)28)19-8-15(23)18(35-19)11-34-36(31,32)26-17(21(29)33-2)7-13-9-24-16-6-4-3-5-14(13)16/h3-6,9,12,15,17-19,24H,7-8,10-11H2,1-2H3,(H,25,28,30)(H2,26,31,32)/t12?,15-,17-,18+,19+/m0/s1. The van der Waals surface area contributed by atoms with Crippen molar-refractivity contribution in [3.05, 3.63) is 36.0 Å². The summed E-state index contributed by atoms with van der Waals surface area (Å²) < 4.78 is 42.7. The van der Waals surface area contributed by atoms with E-state index in [9.17, 15) is 28.2 Å². The number of hydrogen-bond donors (Lipinski definition) is 4. The van der Waals surface area contributed by atoms with E-state index in [1.54, 1.807) is 13.1 Å². The summed E-state index contributed by atoms with van der Waals surface area (Å²) in [6, 6.07) is 5.46. The van der Waals surface area contributed by atoms with E-state index in [1.807, 2.05) is 24.3 Å². The van der Waals surface area contributed by atoms with E-state index in [0.29, 0.717) is 5.56 Å². The van der Waals surface area contributed by atoms with Gasteiger partial charge in [-0.3, -0.25) is 24.3 Å². The van der Waals surface area contributed by atoms with E-state index < -0.39 is 62.7 Å². The third kappa shape index (κ3) is 5.76. The highest BCUT2D eigenvalue weighted by Gasteiger charge is 2.44. The summed E-state index contributed by atoms with van der Waals surface area (Å²) in [7, 11) is -3.45. The number of alkyl halides is 1. The van der Waals surface area contributed by atoms with Crippen molar-refractivity contribution in [1.82, 2.24) is 20.3 Å². The Morgan fingerprint density at radius 2 is 2.14 bits per heavy atom. The predicted octanol–water partition coefficient (Wildman–Crippen LogP) is 1.60.